The van der Waals surface area contributed by atoms with Gasteiger partial charge in [-0.15, -0.1) is 11.3 Å². The summed E-state index contributed by atoms with van der Waals surface area (Å²) in [4.78, 5) is 26.6. The zero-order valence-corrected chi connectivity index (χ0v) is 17.3. The lowest BCUT2D eigenvalue weighted by molar-refractivity contribution is -0.123. The Bertz CT molecular complexity index is 1080. The Kier molecular flexibility index (Phi) is 5.11. The molecule has 6 heteroatoms. The number of carbonyl (C=O) groups excluding carboxylic acids is 2. The van der Waals surface area contributed by atoms with Crippen molar-refractivity contribution >= 4 is 28.9 Å². The number of fused-ring (bicyclic) bond motifs is 3. The quantitative estimate of drug-likeness (QED) is 0.611. The first-order valence-electron chi connectivity index (χ1n) is 9.37. The maximum atomic E-state index is 12.6. The molecule has 2 aromatic carbocycles. The Balaban J connectivity index is 1.48. The van der Waals surface area contributed by atoms with Crippen LogP contribution in [0.15, 0.2) is 48.5 Å². The van der Waals surface area contributed by atoms with E-state index in [2.05, 4.69) is 5.32 Å². The zero-order chi connectivity index (χ0) is 20.5. The number of thiophene rings is 1. The Hall–Kier alpha value is -3.12. The molecule has 0 fully saturated rings. The normalized spacial score (nSPS) is 12.9. The number of carbonyl (C=O) groups is 2. The van der Waals surface area contributed by atoms with Crippen LogP contribution in [-0.4, -0.2) is 18.0 Å². The first kappa shape index (κ1) is 19.2. The summed E-state index contributed by atoms with van der Waals surface area (Å²) in [6.07, 6.45) is -0.913. The van der Waals surface area contributed by atoms with Gasteiger partial charge < -0.3 is 14.8 Å². The Labute approximate surface area is 173 Å². The molecule has 0 aliphatic carbocycles. The van der Waals surface area contributed by atoms with Gasteiger partial charge in [-0.05, 0) is 50.1 Å². The second kappa shape index (κ2) is 7.72. The summed E-state index contributed by atoms with van der Waals surface area (Å²) < 4.78 is 11.2. The molecule has 5 nitrogen and oxygen atoms in total. The highest BCUT2D eigenvalue weighted by Crippen LogP contribution is 2.42. The fourth-order valence-corrected chi connectivity index (χ4v) is 4.39. The van der Waals surface area contributed by atoms with Gasteiger partial charge in [-0.25, -0.2) is 4.79 Å². The first-order valence-corrected chi connectivity index (χ1v) is 10.2. The number of anilines is 1. The number of nitrogens with one attached hydrogen (secondary N) is 1. The molecule has 1 aliphatic heterocycles. The van der Waals surface area contributed by atoms with Crippen molar-refractivity contribution in [2.75, 3.05) is 5.32 Å². The van der Waals surface area contributed by atoms with Crippen LogP contribution in [0.4, 0.5) is 5.69 Å². The van der Waals surface area contributed by atoms with Crippen molar-refractivity contribution in [2.45, 2.75) is 33.5 Å². The van der Waals surface area contributed by atoms with Crippen molar-refractivity contribution in [3.8, 4) is 16.2 Å². The van der Waals surface area contributed by atoms with E-state index in [9.17, 15) is 9.59 Å². The minimum atomic E-state index is -0.913. The van der Waals surface area contributed by atoms with Gasteiger partial charge in [-0.1, -0.05) is 30.3 Å². The number of esters is 1. The molecule has 2 heterocycles. The van der Waals surface area contributed by atoms with Crippen LogP contribution in [0.2, 0.25) is 0 Å². The Morgan fingerprint density at radius 1 is 1.10 bits per heavy atom. The van der Waals surface area contributed by atoms with Crippen LogP contribution >= 0.6 is 11.3 Å². The standard InChI is InChI=1S/C23H21NO4S/c1-13-7-6-8-14(2)20(13)24-22(25)15(3)28-23(26)19-11-16-12-27-18-10-5-4-9-17(18)21(16)29-19/h4-11,15H,12H2,1-3H3,(H,24,25)/t15-/m0/s1. The average Bonchev–Trinajstić information content (AvgIpc) is 3.15. The van der Waals surface area contributed by atoms with Crippen molar-refractivity contribution < 1.29 is 19.1 Å². The molecule has 1 N–H and O–H groups in total. The minimum absolute atomic E-state index is 0.356. The van der Waals surface area contributed by atoms with Crippen LogP contribution in [0.1, 0.15) is 33.3 Å². The minimum Gasteiger partial charge on any atom is -0.488 e. The van der Waals surface area contributed by atoms with E-state index in [4.69, 9.17) is 9.47 Å². The molecule has 1 atom stereocenters. The molecular formula is C23H21NO4S. The van der Waals surface area contributed by atoms with Crippen LogP contribution in [0.3, 0.4) is 0 Å². The lowest BCUT2D eigenvalue weighted by Crippen LogP contribution is -2.30. The highest BCUT2D eigenvalue weighted by Gasteiger charge is 2.25. The molecular weight excluding hydrogens is 386 g/mol. The number of amides is 1. The van der Waals surface area contributed by atoms with Gasteiger partial charge in [0.15, 0.2) is 6.10 Å². The van der Waals surface area contributed by atoms with Crippen LogP contribution in [0, 0.1) is 13.8 Å². The van der Waals surface area contributed by atoms with Gasteiger partial charge >= 0.3 is 5.97 Å². The van der Waals surface area contributed by atoms with E-state index in [1.54, 1.807) is 13.0 Å². The maximum absolute atomic E-state index is 12.6. The summed E-state index contributed by atoms with van der Waals surface area (Å²) in [5.41, 5.74) is 4.59. The lowest BCUT2D eigenvalue weighted by atomic mass is 10.1. The molecule has 1 amide bonds. The third-order valence-electron chi connectivity index (χ3n) is 4.91. The number of benzene rings is 2. The largest absolute Gasteiger partial charge is 0.488 e. The van der Waals surface area contributed by atoms with Gasteiger partial charge in [0, 0.05) is 21.7 Å². The number of rotatable bonds is 4. The number of hydrogen-bond acceptors (Lipinski definition) is 5. The van der Waals surface area contributed by atoms with E-state index < -0.39 is 12.1 Å². The zero-order valence-electron chi connectivity index (χ0n) is 16.4. The van der Waals surface area contributed by atoms with Crippen molar-refractivity contribution in [1.29, 1.82) is 0 Å². The van der Waals surface area contributed by atoms with Gasteiger partial charge in [0.1, 0.15) is 17.2 Å². The van der Waals surface area contributed by atoms with Gasteiger partial charge in [-0.2, -0.15) is 0 Å². The fourth-order valence-electron chi connectivity index (χ4n) is 3.31. The third-order valence-corrected chi connectivity index (χ3v) is 6.10. The van der Waals surface area contributed by atoms with E-state index in [0.717, 1.165) is 38.6 Å². The number of para-hydroxylation sites is 2. The second-order valence-corrected chi connectivity index (χ2v) is 8.11. The average molecular weight is 407 g/mol. The molecule has 0 bridgehead atoms. The molecule has 0 unspecified atom stereocenters. The van der Waals surface area contributed by atoms with Gasteiger partial charge in [-0.3, -0.25) is 4.79 Å². The maximum Gasteiger partial charge on any atom is 0.349 e. The number of hydrogen-bond donors (Lipinski definition) is 1. The highest BCUT2D eigenvalue weighted by molar-refractivity contribution is 7.17. The van der Waals surface area contributed by atoms with Gasteiger partial charge in [0.25, 0.3) is 5.91 Å². The van der Waals surface area contributed by atoms with Crippen molar-refractivity contribution in [1.82, 2.24) is 0 Å². The molecule has 29 heavy (non-hydrogen) atoms. The molecule has 0 radical (unpaired) electrons. The monoisotopic (exact) mass is 407 g/mol. The van der Waals surface area contributed by atoms with Crippen LogP contribution in [-0.2, 0) is 16.1 Å². The molecule has 3 aromatic rings. The van der Waals surface area contributed by atoms with Crippen molar-refractivity contribution in [3.05, 3.63) is 70.1 Å². The number of ether oxygens (including phenoxy) is 2. The Morgan fingerprint density at radius 2 is 1.83 bits per heavy atom. The molecule has 0 saturated heterocycles. The predicted molar refractivity (Wildman–Crippen MR) is 114 cm³/mol. The summed E-state index contributed by atoms with van der Waals surface area (Å²) in [6.45, 7) is 5.84. The summed E-state index contributed by atoms with van der Waals surface area (Å²) in [5.74, 6) is -0.0556. The molecule has 0 saturated carbocycles. The summed E-state index contributed by atoms with van der Waals surface area (Å²) in [5, 5.41) is 2.86. The SMILES string of the molecule is Cc1cccc(C)c1NC(=O)[C@H](C)OC(=O)c1cc2c(s1)-c1ccccc1OC2. The predicted octanol–water partition coefficient (Wildman–Crippen LogP) is 5.11. The topological polar surface area (TPSA) is 64.6 Å². The molecule has 0 spiro atoms. The van der Waals surface area contributed by atoms with E-state index in [1.807, 2.05) is 56.3 Å². The van der Waals surface area contributed by atoms with Crippen LogP contribution in [0.5, 0.6) is 5.75 Å². The summed E-state index contributed by atoms with van der Waals surface area (Å²) >= 11 is 1.36. The van der Waals surface area contributed by atoms with E-state index in [0.29, 0.717) is 11.5 Å². The smallest absolute Gasteiger partial charge is 0.349 e. The van der Waals surface area contributed by atoms with Crippen LogP contribution < -0.4 is 10.1 Å². The second-order valence-electron chi connectivity index (χ2n) is 7.05. The third kappa shape index (κ3) is 3.76. The van der Waals surface area contributed by atoms with E-state index in [1.165, 1.54) is 11.3 Å². The number of aryl methyl sites for hydroxylation is 2. The first-order chi connectivity index (χ1) is 13.9. The Morgan fingerprint density at radius 3 is 2.59 bits per heavy atom. The molecule has 1 aliphatic rings. The lowest BCUT2D eigenvalue weighted by Gasteiger charge is -2.16. The van der Waals surface area contributed by atoms with Crippen molar-refractivity contribution in [2.24, 2.45) is 0 Å². The van der Waals surface area contributed by atoms with E-state index >= 15 is 0 Å². The fraction of sp³-hybridized carbons (Fsp3) is 0.217. The van der Waals surface area contributed by atoms with Crippen molar-refractivity contribution in [3.63, 3.8) is 0 Å². The van der Waals surface area contributed by atoms with Gasteiger partial charge in [0.2, 0.25) is 0 Å². The molecule has 148 valence electrons. The summed E-state index contributed by atoms with van der Waals surface area (Å²) in [7, 11) is 0. The van der Waals surface area contributed by atoms with Crippen LogP contribution in [0.25, 0.3) is 10.4 Å². The molecule has 1 aromatic heterocycles. The van der Waals surface area contributed by atoms with E-state index in [-0.39, 0.29) is 5.91 Å². The summed E-state index contributed by atoms with van der Waals surface area (Å²) in [6, 6.07) is 15.3. The van der Waals surface area contributed by atoms with Gasteiger partial charge in [0.05, 0.1) is 0 Å². The highest BCUT2D eigenvalue weighted by atomic mass is 32.1. The molecule has 4 rings (SSSR count).